The van der Waals surface area contributed by atoms with Gasteiger partial charge in [0, 0.05) is 32.7 Å². The highest BCUT2D eigenvalue weighted by Gasteiger charge is 2.19. The molecule has 3 rings (SSSR count). The van der Waals surface area contributed by atoms with E-state index in [1.165, 1.54) is 12.1 Å². The molecule has 0 saturated heterocycles. The first kappa shape index (κ1) is 13.5. The Morgan fingerprint density at radius 2 is 1.80 bits per heavy atom. The third-order valence-corrected chi connectivity index (χ3v) is 4.56. The maximum absolute atomic E-state index is 13.6. The summed E-state index contributed by atoms with van der Waals surface area (Å²) in [4.78, 5) is 15.7. The Morgan fingerprint density at radius 3 is 2.60 bits per heavy atom. The highest BCUT2D eigenvalue weighted by molar-refractivity contribution is 9.11. The van der Waals surface area contributed by atoms with Crippen molar-refractivity contribution < 1.29 is 9.18 Å². The lowest BCUT2D eigenvalue weighted by Gasteiger charge is -2.04. The number of nitrogens with one attached hydrogen (secondary N) is 1. The first-order valence-corrected chi connectivity index (χ1v) is 7.42. The van der Waals surface area contributed by atoms with Gasteiger partial charge in [-0.15, -0.1) is 0 Å². The van der Waals surface area contributed by atoms with Gasteiger partial charge in [-0.3, -0.25) is 4.79 Å². The first-order valence-electron chi connectivity index (χ1n) is 5.84. The summed E-state index contributed by atoms with van der Waals surface area (Å²) in [5.41, 5.74) is 1.68. The number of hydrogen-bond donors (Lipinski definition) is 1. The minimum absolute atomic E-state index is 0.186. The third-order valence-electron chi connectivity index (χ3n) is 3.10. The van der Waals surface area contributed by atoms with Crippen LogP contribution in [0.3, 0.4) is 0 Å². The van der Waals surface area contributed by atoms with E-state index >= 15 is 0 Å². The van der Waals surface area contributed by atoms with Gasteiger partial charge in [-0.25, -0.2) is 4.39 Å². The number of halogens is 3. The molecule has 0 amide bonds. The monoisotopic (exact) mass is 395 g/mol. The molecule has 1 heterocycles. The van der Waals surface area contributed by atoms with Gasteiger partial charge in [0.15, 0.2) is 5.78 Å². The lowest BCUT2D eigenvalue weighted by molar-refractivity contribution is 0.103. The standard InChI is InChI=1S/C15H8Br2FNO/c16-10-4-2-6-12-13(10)9(7-19-12)15(20)8-3-1-5-11(18)14(8)17/h1-7,19H. The molecule has 1 aromatic heterocycles. The average Bonchev–Trinajstić information content (AvgIpc) is 2.86. The van der Waals surface area contributed by atoms with E-state index in [0.717, 1.165) is 15.4 Å². The Morgan fingerprint density at radius 1 is 1.05 bits per heavy atom. The maximum Gasteiger partial charge on any atom is 0.196 e. The van der Waals surface area contributed by atoms with E-state index in [9.17, 15) is 9.18 Å². The fraction of sp³-hybridized carbons (Fsp3) is 0. The SMILES string of the molecule is O=C(c1cccc(F)c1Br)c1c[nH]c2cccc(Br)c12. The van der Waals surface area contributed by atoms with Crippen molar-refractivity contribution in [3.05, 3.63) is 68.5 Å². The lowest BCUT2D eigenvalue weighted by Crippen LogP contribution is -2.02. The van der Waals surface area contributed by atoms with E-state index in [1.54, 1.807) is 12.3 Å². The Balaban J connectivity index is 2.21. The molecule has 0 fully saturated rings. The van der Waals surface area contributed by atoms with Crippen LogP contribution in [0.2, 0.25) is 0 Å². The molecule has 1 N–H and O–H groups in total. The van der Waals surface area contributed by atoms with Crippen LogP contribution in [0.15, 0.2) is 51.5 Å². The van der Waals surface area contributed by atoms with Gasteiger partial charge in [-0.2, -0.15) is 0 Å². The molecule has 0 atom stereocenters. The second-order valence-corrected chi connectivity index (χ2v) is 5.94. The molecule has 0 bridgehead atoms. The number of fused-ring (bicyclic) bond motifs is 1. The molecule has 0 radical (unpaired) electrons. The molecular formula is C15H8Br2FNO. The number of benzene rings is 2. The number of carbonyl (C=O) groups is 1. The summed E-state index contributed by atoms with van der Waals surface area (Å²) in [7, 11) is 0. The van der Waals surface area contributed by atoms with Crippen LogP contribution in [0.5, 0.6) is 0 Å². The average molecular weight is 397 g/mol. The fourth-order valence-corrected chi connectivity index (χ4v) is 3.17. The van der Waals surface area contributed by atoms with Gasteiger partial charge >= 0.3 is 0 Å². The molecule has 2 aromatic carbocycles. The van der Waals surface area contributed by atoms with E-state index in [-0.39, 0.29) is 10.3 Å². The van der Waals surface area contributed by atoms with Crippen LogP contribution in [-0.4, -0.2) is 10.8 Å². The van der Waals surface area contributed by atoms with Crippen LogP contribution in [-0.2, 0) is 0 Å². The van der Waals surface area contributed by atoms with Crippen LogP contribution >= 0.6 is 31.9 Å². The van der Waals surface area contributed by atoms with Crippen molar-refractivity contribution in [1.29, 1.82) is 0 Å². The van der Waals surface area contributed by atoms with Gasteiger partial charge in [0.1, 0.15) is 5.82 Å². The van der Waals surface area contributed by atoms with Crippen LogP contribution < -0.4 is 0 Å². The number of ketones is 1. The Bertz CT molecular complexity index is 826. The van der Waals surface area contributed by atoms with Crippen molar-refractivity contribution in [2.24, 2.45) is 0 Å². The predicted octanol–water partition coefficient (Wildman–Crippen LogP) is 5.06. The number of carbonyl (C=O) groups excluding carboxylic acids is 1. The van der Waals surface area contributed by atoms with Gasteiger partial charge in [-0.1, -0.05) is 28.1 Å². The van der Waals surface area contributed by atoms with Gasteiger partial charge in [0.2, 0.25) is 0 Å². The van der Waals surface area contributed by atoms with Crippen molar-refractivity contribution in [2.75, 3.05) is 0 Å². The quantitative estimate of drug-likeness (QED) is 0.603. The highest BCUT2D eigenvalue weighted by Crippen LogP contribution is 2.30. The largest absolute Gasteiger partial charge is 0.360 e. The van der Waals surface area contributed by atoms with Crippen molar-refractivity contribution >= 4 is 48.5 Å². The summed E-state index contributed by atoms with van der Waals surface area (Å²) in [6.45, 7) is 0. The summed E-state index contributed by atoms with van der Waals surface area (Å²) < 4.78 is 14.6. The maximum atomic E-state index is 13.6. The van der Waals surface area contributed by atoms with Crippen LogP contribution in [0, 0.1) is 5.82 Å². The third kappa shape index (κ3) is 2.11. The summed E-state index contributed by atoms with van der Waals surface area (Å²) >= 11 is 6.57. The summed E-state index contributed by atoms with van der Waals surface area (Å²) in [5, 5.41) is 0.800. The van der Waals surface area contributed by atoms with Crippen LogP contribution in [0.25, 0.3) is 10.9 Å². The molecular weight excluding hydrogens is 389 g/mol. The van der Waals surface area contributed by atoms with E-state index < -0.39 is 5.82 Å². The molecule has 2 nitrogen and oxygen atoms in total. The zero-order valence-corrected chi connectivity index (χ0v) is 13.3. The Hall–Kier alpha value is -1.46. The van der Waals surface area contributed by atoms with Gasteiger partial charge in [0.05, 0.1) is 4.47 Å². The second kappa shape index (κ2) is 5.14. The summed E-state index contributed by atoms with van der Waals surface area (Å²) in [5.74, 6) is -0.677. The number of aromatic amines is 1. The van der Waals surface area contributed by atoms with E-state index in [0.29, 0.717) is 11.1 Å². The second-order valence-electron chi connectivity index (χ2n) is 4.30. The minimum Gasteiger partial charge on any atom is -0.360 e. The van der Waals surface area contributed by atoms with Crippen molar-refractivity contribution in [2.45, 2.75) is 0 Å². The molecule has 0 spiro atoms. The van der Waals surface area contributed by atoms with Crippen LogP contribution in [0.4, 0.5) is 4.39 Å². The minimum atomic E-state index is -0.449. The lowest BCUT2D eigenvalue weighted by atomic mass is 10.0. The molecule has 100 valence electrons. The molecule has 0 saturated carbocycles. The zero-order valence-electron chi connectivity index (χ0n) is 10.1. The Kier molecular flexibility index (Phi) is 3.48. The molecule has 0 aliphatic rings. The number of rotatable bonds is 2. The molecule has 5 heteroatoms. The number of hydrogen-bond acceptors (Lipinski definition) is 1. The van der Waals surface area contributed by atoms with Gasteiger partial charge < -0.3 is 4.98 Å². The van der Waals surface area contributed by atoms with Gasteiger partial charge in [0.25, 0.3) is 0 Å². The fourth-order valence-electron chi connectivity index (χ4n) is 2.14. The zero-order chi connectivity index (χ0) is 14.3. The summed E-state index contributed by atoms with van der Waals surface area (Å²) in [6.07, 6.45) is 1.65. The molecule has 20 heavy (non-hydrogen) atoms. The number of aromatic nitrogens is 1. The molecule has 0 unspecified atom stereocenters. The topological polar surface area (TPSA) is 32.9 Å². The molecule has 3 aromatic rings. The van der Waals surface area contributed by atoms with E-state index in [1.807, 2.05) is 18.2 Å². The highest BCUT2D eigenvalue weighted by atomic mass is 79.9. The van der Waals surface area contributed by atoms with Crippen LogP contribution in [0.1, 0.15) is 15.9 Å². The van der Waals surface area contributed by atoms with E-state index in [2.05, 4.69) is 36.8 Å². The van der Waals surface area contributed by atoms with Crippen molar-refractivity contribution in [1.82, 2.24) is 4.98 Å². The molecule has 0 aliphatic carbocycles. The number of H-pyrrole nitrogens is 1. The predicted molar refractivity (Wildman–Crippen MR) is 83.5 cm³/mol. The van der Waals surface area contributed by atoms with Gasteiger partial charge in [-0.05, 0) is 40.2 Å². The molecule has 0 aliphatic heterocycles. The van der Waals surface area contributed by atoms with E-state index in [4.69, 9.17) is 0 Å². The smallest absolute Gasteiger partial charge is 0.196 e. The van der Waals surface area contributed by atoms with Crippen molar-refractivity contribution in [3.8, 4) is 0 Å². The van der Waals surface area contributed by atoms with Crippen molar-refractivity contribution in [3.63, 3.8) is 0 Å². The Labute approximate surface area is 131 Å². The normalized spacial score (nSPS) is 10.9. The first-order chi connectivity index (χ1) is 9.59. The summed E-state index contributed by atoms with van der Waals surface area (Å²) in [6, 6.07) is 10.1.